The highest BCUT2D eigenvalue weighted by molar-refractivity contribution is 9.11. The van der Waals surface area contributed by atoms with Crippen molar-refractivity contribution in [3.63, 3.8) is 0 Å². The summed E-state index contributed by atoms with van der Waals surface area (Å²) in [6.45, 7) is 0. The number of nitro benzene ring substituents is 1. The van der Waals surface area contributed by atoms with E-state index in [-0.39, 0.29) is 32.0 Å². The van der Waals surface area contributed by atoms with E-state index in [1.807, 2.05) is 0 Å². The largest absolute Gasteiger partial charge is 0.364 e. The van der Waals surface area contributed by atoms with Crippen molar-refractivity contribution in [3.8, 4) is 0 Å². The molecule has 23 heavy (non-hydrogen) atoms. The first-order chi connectivity index (χ1) is 10.8. The van der Waals surface area contributed by atoms with Gasteiger partial charge in [-0.1, -0.05) is 11.6 Å². The molecule has 0 radical (unpaired) electrons. The summed E-state index contributed by atoms with van der Waals surface area (Å²) < 4.78 is 13.7. The Morgan fingerprint density at radius 1 is 1.35 bits per heavy atom. The van der Waals surface area contributed by atoms with Gasteiger partial charge in [-0.3, -0.25) is 14.9 Å². The molecular formula is C13H7Br2ClFN2O3P. The quantitative estimate of drug-likeness (QED) is 0.275. The number of carbonyl (C=O) groups is 1. The van der Waals surface area contributed by atoms with Gasteiger partial charge in [-0.25, -0.2) is 4.39 Å². The van der Waals surface area contributed by atoms with Crippen LogP contribution in [0.3, 0.4) is 0 Å². The zero-order valence-corrected chi connectivity index (χ0v) is 16.2. The van der Waals surface area contributed by atoms with Gasteiger partial charge in [-0.15, -0.1) is 0 Å². The van der Waals surface area contributed by atoms with Gasteiger partial charge in [0.05, 0.1) is 15.5 Å². The lowest BCUT2D eigenvalue weighted by Crippen LogP contribution is -2.08. The van der Waals surface area contributed by atoms with Crippen LogP contribution in [0.15, 0.2) is 33.2 Å². The third-order valence-electron chi connectivity index (χ3n) is 2.93. The molecular weight excluding hydrogens is 477 g/mol. The predicted molar refractivity (Wildman–Crippen MR) is 96.7 cm³/mol. The molecule has 10 heteroatoms. The van der Waals surface area contributed by atoms with Crippen LogP contribution in [0, 0.1) is 15.9 Å². The van der Waals surface area contributed by atoms with E-state index in [1.165, 1.54) is 12.1 Å². The fourth-order valence-electron chi connectivity index (χ4n) is 1.91. The van der Waals surface area contributed by atoms with E-state index >= 15 is 0 Å². The third-order valence-corrected chi connectivity index (χ3v) is 4.97. The molecule has 0 bridgehead atoms. The van der Waals surface area contributed by atoms with E-state index < -0.39 is 16.5 Å². The Balaban J connectivity index is 2.73. The number of nitrogens with zero attached hydrogens (tertiary/aromatic N) is 1. The summed E-state index contributed by atoms with van der Waals surface area (Å²) in [6.07, 6.45) is 0. The maximum Gasteiger partial charge on any atom is 0.307 e. The van der Waals surface area contributed by atoms with Crippen LogP contribution in [0.1, 0.15) is 15.9 Å². The van der Waals surface area contributed by atoms with Gasteiger partial charge in [-0.05, 0) is 65.5 Å². The molecule has 0 aliphatic carbocycles. The molecule has 0 saturated carbocycles. The monoisotopic (exact) mass is 482 g/mol. The molecule has 2 aromatic carbocycles. The Morgan fingerprint density at radius 2 is 2.00 bits per heavy atom. The van der Waals surface area contributed by atoms with E-state index in [4.69, 9.17) is 11.6 Å². The van der Waals surface area contributed by atoms with Crippen LogP contribution < -0.4 is 5.09 Å². The molecule has 120 valence electrons. The molecule has 5 nitrogen and oxygen atoms in total. The molecule has 0 spiro atoms. The minimum atomic E-state index is -0.647. The lowest BCUT2D eigenvalue weighted by atomic mass is 10.0. The molecule has 1 N–H and O–H groups in total. The molecule has 0 aromatic heterocycles. The van der Waals surface area contributed by atoms with Crippen LogP contribution in [0.25, 0.3) is 0 Å². The Morgan fingerprint density at radius 3 is 2.57 bits per heavy atom. The van der Waals surface area contributed by atoms with Gasteiger partial charge in [-0.2, -0.15) is 0 Å². The van der Waals surface area contributed by atoms with E-state index in [1.54, 1.807) is 0 Å². The zero-order chi connectivity index (χ0) is 17.3. The van der Waals surface area contributed by atoms with Crippen molar-refractivity contribution in [2.24, 2.45) is 0 Å². The average molecular weight is 484 g/mol. The summed E-state index contributed by atoms with van der Waals surface area (Å²) in [5, 5.41) is 13.9. The van der Waals surface area contributed by atoms with Crippen LogP contribution in [0.4, 0.5) is 15.8 Å². The van der Waals surface area contributed by atoms with Gasteiger partial charge in [0.15, 0.2) is 5.78 Å². The number of anilines is 1. The lowest BCUT2D eigenvalue weighted by molar-refractivity contribution is -0.384. The van der Waals surface area contributed by atoms with Crippen molar-refractivity contribution in [1.82, 2.24) is 0 Å². The topological polar surface area (TPSA) is 72.2 Å². The van der Waals surface area contributed by atoms with E-state index in [0.717, 1.165) is 12.1 Å². The Labute approximate surface area is 154 Å². The summed E-state index contributed by atoms with van der Waals surface area (Å²) in [7, 11) is 2.14. The average Bonchev–Trinajstić information content (AvgIpc) is 2.48. The maximum atomic E-state index is 13.4. The summed E-state index contributed by atoms with van der Waals surface area (Å²) in [4.78, 5) is 23.3. The SMILES string of the molecule is O=C(c1cc(F)ccc1Cl)c1c(Br)cc(NP)c([N+](=O)[O-])c1Br. The molecule has 0 fully saturated rings. The number of hydrogen-bond acceptors (Lipinski definition) is 4. The summed E-state index contributed by atoms with van der Waals surface area (Å²) in [5.74, 6) is -1.28. The van der Waals surface area contributed by atoms with Gasteiger partial charge in [0, 0.05) is 10.0 Å². The standard InChI is InChI=1S/C13H7Br2ClFN2O3P/c14-7-4-9(18-23)12(19(21)22)11(15)10(7)13(20)6-3-5(17)1-2-8(6)16/h1-4,18H,23H2. The second-order valence-corrected chi connectivity index (χ2v) is 6.64. The Bertz CT molecular complexity index is 835. The van der Waals surface area contributed by atoms with Crippen molar-refractivity contribution in [3.05, 3.63) is 65.3 Å². The zero-order valence-electron chi connectivity index (χ0n) is 11.1. The first-order valence-corrected chi connectivity index (χ1v) is 8.44. The van der Waals surface area contributed by atoms with Crippen molar-refractivity contribution >= 4 is 70.0 Å². The van der Waals surface area contributed by atoms with E-state index in [0.29, 0.717) is 4.47 Å². The number of benzene rings is 2. The molecule has 0 saturated heterocycles. The number of nitrogens with one attached hydrogen (secondary N) is 1. The number of hydrogen-bond donors (Lipinski definition) is 1. The first-order valence-electron chi connectivity index (χ1n) is 5.90. The molecule has 2 aromatic rings. The van der Waals surface area contributed by atoms with Gasteiger partial charge in [0.2, 0.25) is 0 Å². The second kappa shape index (κ2) is 7.21. The minimum Gasteiger partial charge on any atom is -0.364 e. The molecule has 0 amide bonds. The highest BCUT2D eigenvalue weighted by Crippen LogP contribution is 2.42. The molecule has 0 aliphatic heterocycles. The predicted octanol–water partition coefficient (Wildman–Crippen LogP) is 5.35. The van der Waals surface area contributed by atoms with Crippen molar-refractivity contribution in [1.29, 1.82) is 0 Å². The summed E-state index contributed by atoms with van der Waals surface area (Å²) >= 11 is 12.2. The smallest absolute Gasteiger partial charge is 0.307 e. The van der Waals surface area contributed by atoms with Crippen LogP contribution in [0.2, 0.25) is 5.02 Å². The Hall–Kier alpha value is -1.08. The Kier molecular flexibility index (Phi) is 5.73. The van der Waals surface area contributed by atoms with Crippen molar-refractivity contribution in [2.45, 2.75) is 0 Å². The van der Waals surface area contributed by atoms with E-state index in [9.17, 15) is 19.3 Å². The second-order valence-electron chi connectivity index (χ2n) is 4.30. The third kappa shape index (κ3) is 3.55. The number of halogens is 4. The number of carbonyl (C=O) groups excluding carboxylic acids is 1. The molecule has 0 aliphatic rings. The fourth-order valence-corrected chi connectivity index (χ4v) is 3.96. The van der Waals surface area contributed by atoms with Crippen LogP contribution in [-0.4, -0.2) is 10.7 Å². The van der Waals surface area contributed by atoms with E-state index in [2.05, 4.69) is 46.3 Å². The normalized spacial score (nSPS) is 10.5. The van der Waals surface area contributed by atoms with Crippen molar-refractivity contribution in [2.75, 3.05) is 5.09 Å². The summed E-state index contributed by atoms with van der Waals surface area (Å²) in [5.41, 5.74) is -0.248. The van der Waals surface area contributed by atoms with Crippen molar-refractivity contribution < 1.29 is 14.1 Å². The van der Waals surface area contributed by atoms with Gasteiger partial charge in [0.25, 0.3) is 0 Å². The maximum absolute atomic E-state index is 13.4. The highest BCUT2D eigenvalue weighted by atomic mass is 79.9. The first kappa shape index (κ1) is 18.3. The van der Waals surface area contributed by atoms with Gasteiger partial charge >= 0.3 is 5.69 Å². The van der Waals surface area contributed by atoms with Crippen LogP contribution in [-0.2, 0) is 0 Å². The van der Waals surface area contributed by atoms with Gasteiger partial charge < -0.3 is 5.09 Å². The highest BCUT2D eigenvalue weighted by Gasteiger charge is 2.28. The molecule has 0 heterocycles. The number of rotatable bonds is 4. The molecule has 1 atom stereocenters. The number of nitro groups is 1. The number of ketones is 1. The molecule has 1 unspecified atom stereocenters. The lowest BCUT2D eigenvalue weighted by Gasteiger charge is -2.11. The fraction of sp³-hybridized carbons (Fsp3) is 0. The van der Waals surface area contributed by atoms with Crippen LogP contribution >= 0.6 is 52.9 Å². The van der Waals surface area contributed by atoms with Crippen LogP contribution in [0.5, 0.6) is 0 Å². The summed E-state index contributed by atoms with van der Waals surface area (Å²) in [6, 6.07) is 4.74. The molecule has 2 rings (SSSR count). The van der Waals surface area contributed by atoms with Gasteiger partial charge in [0.1, 0.15) is 16.0 Å². The minimum absolute atomic E-state index is 0.0202.